The van der Waals surface area contributed by atoms with Crippen LogP contribution in [-0.2, 0) is 9.74 Å². The van der Waals surface area contributed by atoms with Crippen molar-refractivity contribution in [3.8, 4) is 0 Å². The Balaban J connectivity index is 2.27. The third-order valence-electron chi connectivity index (χ3n) is 1.65. The number of hydrogen-bond acceptors (Lipinski definition) is 3. The van der Waals surface area contributed by atoms with Crippen LogP contribution in [0.4, 0.5) is 4.53 Å². The Morgan fingerprint density at radius 3 is 2.73 bits per heavy atom. The van der Waals surface area contributed by atoms with Gasteiger partial charge in [-0.2, -0.15) is 4.94 Å². The highest BCUT2D eigenvalue weighted by Crippen LogP contribution is 1.93. The first-order valence-electron chi connectivity index (χ1n) is 3.56. The van der Waals surface area contributed by atoms with Crippen LogP contribution in [0.3, 0.4) is 0 Å². The Hall–Kier alpha value is -0.680. The summed E-state index contributed by atoms with van der Waals surface area (Å²) in [5.41, 5.74) is 0. The molecule has 64 valence electrons. The van der Waals surface area contributed by atoms with E-state index in [-0.39, 0.29) is 5.91 Å². The Morgan fingerprint density at radius 2 is 2.18 bits per heavy atom. The number of halogens is 1. The monoisotopic (exact) mass is 162 g/mol. The summed E-state index contributed by atoms with van der Waals surface area (Å²) < 4.78 is 11.2. The van der Waals surface area contributed by atoms with Crippen LogP contribution in [0.1, 0.15) is 0 Å². The summed E-state index contributed by atoms with van der Waals surface area (Å²) in [4.78, 5) is 15.8. The van der Waals surface area contributed by atoms with Gasteiger partial charge < -0.3 is 10.2 Å². The summed E-state index contributed by atoms with van der Waals surface area (Å²) in [5.74, 6) is -0.283. The maximum atomic E-state index is 11.2. The molecule has 1 saturated heterocycles. The van der Waals surface area contributed by atoms with Crippen LogP contribution in [0, 0.1) is 0 Å². The van der Waals surface area contributed by atoms with Crippen LogP contribution < -0.4 is 5.32 Å². The van der Waals surface area contributed by atoms with E-state index in [2.05, 4.69) is 10.3 Å². The van der Waals surface area contributed by atoms with Gasteiger partial charge in [0.15, 0.2) is 6.61 Å². The molecule has 0 atom stereocenters. The van der Waals surface area contributed by atoms with Gasteiger partial charge in [0.25, 0.3) is 5.91 Å². The Kier molecular flexibility index (Phi) is 3.25. The molecule has 0 radical (unpaired) electrons. The van der Waals surface area contributed by atoms with Gasteiger partial charge in [-0.05, 0) is 4.53 Å². The lowest BCUT2D eigenvalue weighted by Gasteiger charge is -2.26. The maximum absolute atomic E-state index is 11.2. The van der Waals surface area contributed by atoms with Crippen molar-refractivity contribution < 1.29 is 14.3 Å². The molecule has 0 aromatic rings. The standard InChI is InChI=1S/C6H11FN2O2/c7-11-5-6(10)9-3-1-8-2-4-9/h8H,1-5H2. The third-order valence-corrected chi connectivity index (χ3v) is 1.65. The van der Waals surface area contributed by atoms with Crippen LogP contribution in [0.25, 0.3) is 0 Å². The van der Waals surface area contributed by atoms with E-state index in [1.54, 1.807) is 4.90 Å². The summed E-state index contributed by atoms with van der Waals surface area (Å²) >= 11 is 0. The van der Waals surface area contributed by atoms with Gasteiger partial charge in [0.1, 0.15) is 0 Å². The third kappa shape index (κ3) is 2.44. The van der Waals surface area contributed by atoms with E-state index in [9.17, 15) is 9.32 Å². The molecule has 1 heterocycles. The second-order valence-electron chi connectivity index (χ2n) is 2.38. The predicted molar refractivity (Wildman–Crippen MR) is 36.5 cm³/mol. The minimum Gasteiger partial charge on any atom is -0.338 e. The summed E-state index contributed by atoms with van der Waals surface area (Å²) in [7, 11) is 0. The fraction of sp³-hybridized carbons (Fsp3) is 0.833. The zero-order valence-electron chi connectivity index (χ0n) is 6.18. The average Bonchev–Trinajstić information content (AvgIpc) is 2.07. The number of carbonyl (C=O) groups is 1. The molecule has 0 saturated carbocycles. The van der Waals surface area contributed by atoms with Gasteiger partial charge in [-0.1, -0.05) is 0 Å². The minimum absolute atomic E-state index is 0.283. The molecule has 0 unspecified atom stereocenters. The van der Waals surface area contributed by atoms with Crippen molar-refractivity contribution in [2.24, 2.45) is 0 Å². The summed E-state index contributed by atoms with van der Waals surface area (Å²) in [6.45, 7) is 2.38. The fourth-order valence-corrected chi connectivity index (χ4v) is 1.05. The maximum Gasteiger partial charge on any atom is 0.252 e. The number of piperazine rings is 1. The molecule has 0 bridgehead atoms. The van der Waals surface area contributed by atoms with Crippen LogP contribution in [-0.4, -0.2) is 43.6 Å². The molecule has 1 aliphatic heterocycles. The largest absolute Gasteiger partial charge is 0.338 e. The van der Waals surface area contributed by atoms with Crippen LogP contribution in [0.5, 0.6) is 0 Å². The predicted octanol–water partition coefficient (Wildman–Crippen LogP) is -0.681. The molecular formula is C6H11FN2O2. The second-order valence-corrected chi connectivity index (χ2v) is 2.38. The number of carbonyl (C=O) groups excluding carboxylic acids is 1. The second kappa shape index (κ2) is 4.25. The molecule has 1 rings (SSSR count). The van der Waals surface area contributed by atoms with Crippen molar-refractivity contribution in [2.75, 3.05) is 32.8 Å². The fourth-order valence-electron chi connectivity index (χ4n) is 1.05. The number of nitrogens with zero attached hydrogens (tertiary/aromatic N) is 1. The van der Waals surface area contributed by atoms with Gasteiger partial charge in [0, 0.05) is 26.2 Å². The molecule has 1 N–H and O–H groups in total. The molecule has 0 aliphatic carbocycles. The van der Waals surface area contributed by atoms with E-state index >= 15 is 0 Å². The van der Waals surface area contributed by atoms with E-state index in [4.69, 9.17) is 0 Å². The molecule has 1 aliphatic rings. The number of amides is 1. The van der Waals surface area contributed by atoms with E-state index in [0.29, 0.717) is 13.1 Å². The van der Waals surface area contributed by atoms with E-state index in [1.165, 1.54) is 0 Å². The molecule has 1 fully saturated rings. The summed E-state index contributed by atoms with van der Waals surface area (Å²) in [6, 6.07) is 0. The summed E-state index contributed by atoms with van der Waals surface area (Å²) in [6.07, 6.45) is 0. The van der Waals surface area contributed by atoms with Crippen LogP contribution in [0.15, 0.2) is 0 Å². The molecule has 4 nitrogen and oxygen atoms in total. The van der Waals surface area contributed by atoms with Gasteiger partial charge in [0.2, 0.25) is 0 Å². The topological polar surface area (TPSA) is 41.6 Å². The minimum atomic E-state index is -0.458. The first kappa shape index (κ1) is 8.42. The van der Waals surface area contributed by atoms with Crippen LogP contribution >= 0.6 is 0 Å². The molecule has 0 aromatic heterocycles. The molecule has 5 heteroatoms. The smallest absolute Gasteiger partial charge is 0.252 e. The van der Waals surface area contributed by atoms with Crippen molar-refractivity contribution in [1.29, 1.82) is 0 Å². The highest BCUT2D eigenvalue weighted by atomic mass is 19.3. The van der Waals surface area contributed by atoms with Gasteiger partial charge in [0.05, 0.1) is 0 Å². The molecule has 11 heavy (non-hydrogen) atoms. The van der Waals surface area contributed by atoms with Gasteiger partial charge in [-0.15, -0.1) is 0 Å². The quantitative estimate of drug-likeness (QED) is 0.585. The Bertz CT molecular complexity index is 137. The van der Waals surface area contributed by atoms with Gasteiger partial charge >= 0.3 is 0 Å². The van der Waals surface area contributed by atoms with Gasteiger partial charge in [-0.25, -0.2) is 0 Å². The lowest BCUT2D eigenvalue weighted by Crippen LogP contribution is -2.47. The SMILES string of the molecule is O=C(COF)N1CCNCC1. The molecule has 0 spiro atoms. The lowest BCUT2D eigenvalue weighted by molar-refractivity contribution is -0.165. The summed E-state index contributed by atoms with van der Waals surface area (Å²) in [5, 5.41) is 3.08. The van der Waals surface area contributed by atoms with E-state index in [1.807, 2.05) is 0 Å². The number of rotatable bonds is 2. The molecule has 0 aromatic carbocycles. The van der Waals surface area contributed by atoms with E-state index in [0.717, 1.165) is 13.1 Å². The van der Waals surface area contributed by atoms with Crippen molar-refractivity contribution in [1.82, 2.24) is 10.2 Å². The van der Waals surface area contributed by atoms with Crippen molar-refractivity contribution in [2.45, 2.75) is 0 Å². The average molecular weight is 162 g/mol. The first-order valence-corrected chi connectivity index (χ1v) is 3.56. The van der Waals surface area contributed by atoms with E-state index < -0.39 is 6.61 Å². The van der Waals surface area contributed by atoms with Crippen molar-refractivity contribution in [3.05, 3.63) is 0 Å². The van der Waals surface area contributed by atoms with Gasteiger partial charge in [-0.3, -0.25) is 4.79 Å². The van der Waals surface area contributed by atoms with Crippen LogP contribution in [0.2, 0.25) is 0 Å². The number of nitrogens with one attached hydrogen (secondary N) is 1. The Morgan fingerprint density at radius 1 is 1.55 bits per heavy atom. The lowest BCUT2D eigenvalue weighted by atomic mass is 10.3. The zero-order chi connectivity index (χ0) is 8.10. The zero-order valence-corrected chi connectivity index (χ0v) is 6.18. The molecule has 1 amide bonds. The number of hydrogen-bond donors (Lipinski definition) is 1. The normalized spacial score (nSPS) is 18.5. The highest BCUT2D eigenvalue weighted by Gasteiger charge is 2.15. The molecular weight excluding hydrogens is 151 g/mol. The van der Waals surface area contributed by atoms with Crippen molar-refractivity contribution in [3.63, 3.8) is 0 Å². The first-order chi connectivity index (χ1) is 5.34. The highest BCUT2D eigenvalue weighted by molar-refractivity contribution is 5.77. The Labute approximate surface area is 64.2 Å². The van der Waals surface area contributed by atoms with Crippen molar-refractivity contribution >= 4 is 5.91 Å².